The van der Waals surface area contributed by atoms with Gasteiger partial charge in [0.1, 0.15) is 11.6 Å². The zero-order chi connectivity index (χ0) is 22.5. The molecule has 1 aliphatic heterocycles. The monoisotopic (exact) mass is 476 g/mol. The van der Waals surface area contributed by atoms with Crippen molar-refractivity contribution in [2.24, 2.45) is 0 Å². The van der Waals surface area contributed by atoms with Crippen LogP contribution in [-0.2, 0) is 16.1 Å². The van der Waals surface area contributed by atoms with Crippen LogP contribution in [0.2, 0.25) is 5.02 Å². The number of aromatic nitrogens is 3. The lowest BCUT2D eigenvalue weighted by Crippen LogP contribution is -2.18. The molecule has 2 aromatic carbocycles. The summed E-state index contributed by atoms with van der Waals surface area (Å²) in [5, 5.41) is 12.1. The van der Waals surface area contributed by atoms with Gasteiger partial charge in [-0.2, -0.15) is 0 Å². The Morgan fingerprint density at radius 3 is 2.84 bits per heavy atom. The van der Waals surface area contributed by atoms with E-state index in [1.54, 1.807) is 7.11 Å². The van der Waals surface area contributed by atoms with Crippen molar-refractivity contribution in [3.05, 3.63) is 53.3 Å². The van der Waals surface area contributed by atoms with Gasteiger partial charge in [-0.25, -0.2) is 4.39 Å². The number of nitrogens with one attached hydrogen (secondary N) is 1. The van der Waals surface area contributed by atoms with Gasteiger partial charge in [0.05, 0.1) is 31.2 Å². The molecule has 1 amide bonds. The maximum atomic E-state index is 13.9. The van der Waals surface area contributed by atoms with Gasteiger partial charge in [0.15, 0.2) is 11.0 Å². The van der Waals surface area contributed by atoms with E-state index in [0.717, 1.165) is 30.8 Å². The Morgan fingerprint density at radius 2 is 2.12 bits per heavy atom. The summed E-state index contributed by atoms with van der Waals surface area (Å²) in [5.41, 5.74) is 0.927. The molecule has 1 aliphatic rings. The quantitative estimate of drug-likeness (QED) is 0.476. The van der Waals surface area contributed by atoms with Crippen LogP contribution in [0.15, 0.2) is 47.6 Å². The molecule has 10 heteroatoms. The number of hydrogen-bond acceptors (Lipinski definition) is 6. The third kappa shape index (κ3) is 5.40. The summed E-state index contributed by atoms with van der Waals surface area (Å²) >= 11 is 7.12. The molecule has 2 heterocycles. The SMILES string of the molecule is COc1ccc(-c2nnc(SCC(=O)Nc3cc(Cl)ccc3F)n2CC2CCCO2)cc1. The Bertz CT molecular complexity index is 1090. The van der Waals surface area contributed by atoms with E-state index in [-0.39, 0.29) is 23.5 Å². The molecule has 1 aromatic heterocycles. The minimum absolute atomic E-state index is 0.0399. The zero-order valence-electron chi connectivity index (χ0n) is 17.4. The molecule has 3 aromatic rings. The van der Waals surface area contributed by atoms with Crippen LogP contribution in [0.4, 0.5) is 10.1 Å². The number of nitrogens with zero attached hydrogens (tertiary/aromatic N) is 3. The molecule has 4 rings (SSSR count). The molecule has 1 unspecified atom stereocenters. The summed E-state index contributed by atoms with van der Waals surface area (Å²) in [7, 11) is 1.62. The summed E-state index contributed by atoms with van der Waals surface area (Å²) in [6.07, 6.45) is 2.04. The number of methoxy groups -OCH3 is 1. The van der Waals surface area contributed by atoms with Gasteiger partial charge in [0.2, 0.25) is 5.91 Å². The highest BCUT2D eigenvalue weighted by Gasteiger charge is 2.22. The number of carbonyl (C=O) groups is 1. The third-order valence-corrected chi connectivity index (χ3v) is 6.21. The molecule has 32 heavy (non-hydrogen) atoms. The molecule has 0 radical (unpaired) electrons. The molecule has 0 bridgehead atoms. The number of rotatable bonds is 8. The van der Waals surface area contributed by atoms with Crippen molar-refractivity contribution in [1.82, 2.24) is 14.8 Å². The normalized spacial score (nSPS) is 15.7. The first-order valence-electron chi connectivity index (χ1n) is 10.1. The number of halogens is 2. The number of ether oxygens (including phenoxy) is 2. The van der Waals surface area contributed by atoms with E-state index in [1.807, 2.05) is 28.8 Å². The van der Waals surface area contributed by atoms with E-state index in [9.17, 15) is 9.18 Å². The molecule has 1 fully saturated rings. The van der Waals surface area contributed by atoms with Gasteiger partial charge < -0.3 is 14.8 Å². The molecule has 1 N–H and O–H groups in total. The van der Waals surface area contributed by atoms with Gasteiger partial charge in [0.25, 0.3) is 0 Å². The Labute approximate surface area is 194 Å². The van der Waals surface area contributed by atoms with Crippen LogP contribution in [0, 0.1) is 5.82 Å². The summed E-state index contributed by atoms with van der Waals surface area (Å²) in [6, 6.07) is 11.6. The summed E-state index contributed by atoms with van der Waals surface area (Å²) in [5.74, 6) is 0.563. The third-order valence-electron chi connectivity index (χ3n) is 5.01. The topological polar surface area (TPSA) is 78.3 Å². The highest BCUT2D eigenvalue weighted by Crippen LogP contribution is 2.28. The Hall–Kier alpha value is -2.62. The first-order valence-corrected chi connectivity index (χ1v) is 11.5. The predicted molar refractivity (Wildman–Crippen MR) is 122 cm³/mol. The molecule has 0 spiro atoms. The van der Waals surface area contributed by atoms with Crippen molar-refractivity contribution >= 4 is 35.0 Å². The minimum Gasteiger partial charge on any atom is -0.497 e. The number of benzene rings is 2. The van der Waals surface area contributed by atoms with Crippen LogP contribution < -0.4 is 10.1 Å². The van der Waals surface area contributed by atoms with Gasteiger partial charge >= 0.3 is 0 Å². The molecule has 0 saturated carbocycles. The number of anilines is 1. The zero-order valence-corrected chi connectivity index (χ0v) is 19.0. The maximum absolute atomic E-state index is 13.9. The number of hydrogen-bond donors (Lipinski definition) is 1. The standard InChI is InChI=1S/C22H22ClFN4O3S/c1-30-16-7-4-14(5-8-16)21-26-27-22(28(21)12-17-3-2-10-31-17)32-13-20(29)25-19-11-15(23)6-9-18(19)24/h4-9,11,17H,2-3,10,12-13H2,1H3,(H,25,29). The van der Waals surface area contributed by atoms with Crippen molar-refractivity contribution in [1.29, 1.82) is 0 Å². The Morgan fingerprint density at radius 1 is 1.31 bits per heavy atom. The van der Waals surface area contributed by atoms with Crippen LogP contribution in [-0.4, -0.2) is 46.2 Å². The van der Waals surface area contributed by atoms with Gasteiger partial charge in [-0.1, -0.05) is 23.4 Å². The molecule has 0 aliphatic carbocycles. The smallest absolute Gasteiger partial charge is 0.234 e. The fourth-order valence-electron chi connectivity index (χ4n) is 3.42. The van der Waals surface area contributed by atoms with E-state index in [1.165, 1.54) is 30.0 Å². The van der Waals surface area contributed by atoms with Gasteiger partial charge in [-0.3, -0.25) is 9.36 Å². The van der Waals surface area contributed by atoms with Crippen molar-refractivity contribution in [3.8, 4) is 17.1 Å². The van der Waals surface area contributed by atoms with Gasteiger partial charge in [-0.05, 0) is 55.3 Å². The molecule has 168 valence electrons. The van der Waals surface area contributed by atoms with Crippen molar-refractivity contribution in [2.75, 3.05) is 24.8 Å². The van der Waals surface area contributed by atoms with Crippen LogP contribution in [0.1, 0.15) is 12.8 Å². The lowest BCUT2D eigenvalue weighted by atomic mass is 10.2. The molecule has 1 atom stereocenters. The maximum Gasteiger partial charge on any atom is 0.234 e. The molecule has 7 nitrogen and oxygen atoms in total. The number of thioether (sulfide) groups is 1. The largest absolute Gasteiger partial charge is 0.497 e. The first-order chi connectivity index (χ1) is 15.5. The fourth-order valence-corrected chi connectivity index (χ4v) is 4.34. The van der Waals surface area contributed by atoms with Gasteiger partial charge in [0, 0.05) is 17.2 Å². The molecule has 1 saturated heterocycles. The van der Waals surface area contributed by atoms with Crippen molar-refractivity contribution < 1.29 is 18.7 Å². The van der Waals surface area contributed by atoms with Crippen molar-refractivity contribution in [3.63, 3.8) is 0 Å². The highest BCUT2D eigenvalue weighted by atomic mass is 35.5. The second-order valence-electron chi connectivity index (χ2n) is 7.24. The second kappa shape index (κ2) is 10.3. The number of carbonyl (C=O) groups excluding carboxylic acids is 1. The average Bonchev–Trinajstić information content (AvgIpc) is 3.45. The Balaban J connectivity index is 1.51. The summed E-state index contributed by atoms with van der Waals surface area (Å²) in [6.45, 7) is 1.32. The van der Waals surface area contributed by atoms with E-state index < -0.39 is 5.82 Å². The first kappa shape index (κ1) is 22.6. The molecular weight excluding hydrogens is 455 g/mol. The van der Waals surface area contributed by atoms with Crippen LogP contribution in [0.3, 0.4) is 0 Å². The van der Waals surface area contributed by atoms with E-state index in [4.69, 9.17) is 21.1 Å². The fraction of sp³-hybridized carbons (Fsp3) is 0.318. The second-order valence-corrected chi connectivity index (χ2v) is 8.62. The van der Waals surface area contributed by atoms with E-state index in [0.29, 0.717) is 22.5 Å². The lowest BCUT2D eigenvalue weighted by Gasteiger charge is -2.15. The summed E-state index contributed by atoms with van der Waals surface area (Å²) in [4.78, 5) is 12.4. The highest BCUT2D eigenvalue weighted by molar-refractivity contribution is 7.99. The predicted octanol–water partition coefficient (Wildman–Crippen LogP) is 4.66. The average molecular weight is 477 g/mol. The van der Waals surface area contributed by atoms with Crippen LogP contribution >= 0.6 is 23.4 Å². The van der Waals surface area contributed by atoms with Crippen molar-refractivity contribution in [2.45, 2.75) is 30.6 Å². The van der Waals surface area contributed by atoms with Crippen LogP contribution in [0.25, 0.3) is 11.4 Å². The Kier molecular flexibility index (Phi) is 7.29. The van der Waals surface area contributed by atoms with Crippen LogP contribution in [0.5, 0.6) is 5.75 Å². The lowest BCUT2D eigenvalue weighted by molar-refractivity contribution is -0.113. The number of amides is 1. The van der Waals surface area contributed by atoms with E-state index >= 15 is 0 Å². The van der Waals surface area contributed by atoms with E-state index in [2.05, 4.69) is 15.5 Å². The summed E-state index contributed by atoms with van der Waals surface area (Å²) < 4.78 is 26.9. The minimum atomic E-state index is -0.545. The van der Waals surface area contributed by atoms with Gasteiger partial charge in [-0.15, -0.1) is 10.2 Å². The molecular formula is C22H22ClFN4O3S.